The fourth-order valence-corrected chi connectivity index (χ4v) is 5.87. The Hall–Kier alpha value is -3.13. The second kappa shape index (κ2) is 11.3. The number of carbonyl (C=O) groups excluding carboxylic acids is 1. The number of carboxylic acids is 2. The van der Waals surface area contributed by atoms with E-state index in [9.17, 15) is 14.4 Å². The number of carbonyl (C=O) groups is 3. The number of carboxylic acid groups (broad SMARTS) is 2. The van der Waals surface area contributed by atoms with Crippen molar-refractivity contribution in [3.8, 4) is 0 Å². The molecule has 8 nitrogen and oxygen atoms in total. The van der Waals surface area contributed by atoms with Gasteiger partial charge in [0.15, 0.2) is 0 Å². The maximum absolute atomic E-state index is 12.9. The van der Waals surface area contributed by atoms with Crippen molar-refractivity contribution in [2.75, 3.05) is 6.54 Å². The summed E-state index contributed by atoms with van der Waals surface area (Å²) < 4.78 is 8.31. The molecule has 3 N–H and O–H groups in total. The first-order valence-electron chi connectivity index (χ1n) is 12.9. The lowest BCUT2D eigenvalue weighted by molar-refractivity contribution is -0.156. The molecule has 5 rings (SSSR count). The summed E-state index contributed by atoms with van der Waals surface area (Å²) in [6.07, 6.45) is 11.4. The fourth-order valence-electron chi connectivity index (χ4n) is 5.87. The third-order valence-corrected chi connectivity index (χ3v) is 7.55. The number of hydrogen-bond acceptors (Lipinski definition) is 5. The summed E-state index contributed by atoms with van der Waals surface area (Å²) in [5.41, 5.74) is 4.22. The Bertz CT molecular complexity index is 1130. The molecule has 1 unspecified atom stereocenters. The maximum atomic E-state index is 12.9. The van der Waals surface area contributed by atoms with E-state index in [0.29, 0.717) is 30.2 Å². The van der Waals surface area contributed by atoms with Crippen molar-refractivity contribution in [2.24, 2.45) is 5.92 Å². The van der Waals surface area contributed by atoms with Crippen molar-refractivity contribution in [2.45, 2.75) is 82.9 Å². The summed E-state index contributed by atoms with van der Waals surface area (Å²) in [7, 11) is 0. The highest BCUT2D eigenvalue weighted by Crippen LogP contribution is 2.43. The van der Waals surface area contributed by atoms with Crippen LogP contribution in [0.1, 0.15) is 75.5 Å². The summed E-state index contributed by atoms with van der Waals surface area (Å²) in [6, 6.07) is 7.60. The number of aliphatic carboxylic acids is 2. The molecule has 1 aromatic carbocycles. The Morgan fingerprint density at radius 2 is 1.78 bits per heavy atom. The van der Waals surface area contributed by atoms with E-state index < -0.39 is 11.9 Å². The molecule has 2 aromatic rings. The molecule has 0 bridgehead atoms. The molecule has 1 aromatic heterocycles. The highest BCUT2D eigenvalue weighted by atomic mass is 16.5. The summed E-state index contributed by atoms with van der Waals surface area (Å²) in [6.45, 7) is 5.25. The van der Waals surface area contributed by atoms with Gasteiger partial charge in [-0.05, 0) is 69.6 Å². The third kappa shape index (κ3) is 5.81. The first kappa shape index (κ1) is 25.9. The number of ether oxygens (including phenoxy) is 1. The molecule has 2 heterocycles. The minimum Gasteiger partial charge on any atom is -0.478 e. The van der Waals surface area contributed by atoms with E-state index in [1.165, 1.54) is 41.3 Å². The van der Waals surface area contributed by atoms with Crippen LogP contribution in [-0.4, -0.2) is 51.4 Å². The number of esters is 1. The van der Waals surface area contributed by atoms with Crippen LogP contribution < -0.4 is 5.32 Å². The van der Waals surface area contributed by atoms with Gasteiger partial charge in [0.25, 0.3) is 0 Å². The number of nitrogens with zero attached hydrogens (tertiary/aromatic N) is 1. The third-order valence-electron chi connectivity index (χ3n) is 7.55. The van der Waals surface area contributed by atoms with Gasteiger partial charge in [-0.1, -0.05) is 18.6 Å². The average molecular weight is 497 g/mol. The van der Waals surface area contributed by atoms with Gasteiger partial charge in [-0.25, -0.2) is 9.59 Å². The molecule has 36 heavy (non-hydrogen) atoms. The highest BCUT2D eigenvalue weighted by Gasteiger charge is 2.40. The average Bonchev–Trinajstić information content (AvgIpc) is 3.23. The Kier molecular flexibility index (Phi) is 8.14. The number of hydrogen-bond donors (Lipinski definition) is 3. The van der Waals surface area contributed by atoms with E-state index in [2.05, 4.69) is 48.1 Å². The van der Waals surface area contributed by atoms with Gasteiger partial charge in [-0.15, -0.1) is 0 Å². The van der Waals surface area contributed by atoms with Gasteiger partial charge in [0.05, 0.1) is 5.92 Å². The molecular formula is C28H36N2O6. The van der Waals surface area contributed by atoms with Crippen LogP contribution in [-0.2, 0) is 25.5 Å². The summed E-state index contributed by atoms with van der Waals surface area (Å²) >= 11 is 0. The normalized spacial score (nSPS) is 23.7. The number of nitrogens with one attached hydrogen (secondary N) is 1. The molecule has 194 valence electrons. The van der Waals surface area contributed by atoms with Gasteiger partial charge in [-0.3, -0.25) is 4.79 Å². The van der Waals surface area contributed by atoms with Gasteiger partial charge in [0.2, 0.25) is 0 Å². The zero-order valence-corrected chi connectivity index (χ0v) is 21.0. The van der Waals surface area contributed by atoms with E-state index in [1.807, 2.05) is 0 Å². The minimum atomic E-state index is -1.26. The van der Waals surface area contributed by atoms with E-state index >= 15 is 0 Å². The number of rotatable bonds is 5. The van der Waals surface area contributed by atoms with Gasteiger partial charge in [0, 0.05) is 53.8 Å². The molecule has 2 aliphatic carbocycles. The lowest BCUT2D eigenvalue weighted by Crippen LogP contribution is -2.49. The largest absolute Gasteiger partial charge is 0.478 e. The van der Waals surface area contributed by atoms with Crippen LogP contribution in [0.3, 0.4) is 0 Å². The van der Waals surface area contributed by atoms with Crippen molar-refractivity contribution >= 4 is 28.8 Å². The van der Waals surface area contributed by atoms with Crippen LogP contribution in [0.4, 0.5) is 0 Å². The molecule has 8 heteroatoms. The Morgan fingerprint density at radius 1 is 1.08 bits per heavy atom. The van der Waals surface area contributed by atoms with Crippen molar-refractivity contribution in [1.29, 1.82) is 0 Å². The monoisotopic (exact) mass is 496 g/mol. The summed E-state index contributed by atoms with van der Waals surface area (Å²) in [5, 5.41) is 20.8. The predicted molar refractivity (Wildman–Crippen MR) is 136 cm³/mol. The smallest absolute Gasteiger partial charge is 0.328 e. The number of piperidine rings is 1. The topological polar surface area (TPSA) is 118 Å². The predicted octanol–water partition coefficient (Wildman–Crippen LogP) is 4.43. The molecule has 0 spiro atoms. The second-order valence-electron chi connectivity index (χ2n) is 10.4. The van der Waals surface area contributed by atoms with E-state index in [-0.39, 0.29) is 18.0 Å². The lowest BCUT2D eigenvalue weighted by atomic mass is 9.73. The molecular weight excluding hydrogens is 460 g/mol. The van der Waals surface area contributed by atoms with Crippen LogP contribution in [0.25, 0.3) is 10.9 Å². The van der Waals surface area contributed by atoms with E-state index in [4.69, 9.17) is 14.9 Å². The quantitative estimate of drug-likeness (QED) is 0.414. The van der Waals surface area contributed by atoms with Crippen molar-refractivity contribution < 1.29 is 29.3 Å². The molecule has 0 amide bonds. The number of benzene rings is 1. The number of aromatic nitrogens is 1. The van der Waals surface area contributed by atoms with Crippen molar-refractivity contribution in [3.05, 3.63) is 47.7 Å². The first-order valence-corrected chi connectivity index (χ1v) is 12.9. The molecule has 3 atom stereocenters. The van der Waals surface area contributed by atoms with Crippen LogP contribution in [0.15, 0.2) is 36.5 Å². The first-order chi connectivity index (χ1) is 17.2. The summed E-state index contributed by atoms with van der Waals surface area (Å²) in [5.74, 6) is -2.11. The van der Waals surface area contributed by atoms with Crippen molar-refractivity contribution in [3.63, 3.8) is 0 Å². The minimum absolute atomic E-state index is 0.0211. The zero-order valence-electron chi connectivity index (χ0n) is 21.0. The molecule has 3 aliphatic rings. The Balaban J connectivity index is 0.000000331. The molecule has 1 saturated heterocycles. The van der Waals surface area contributed by atoms with Crippen LogP contribution in [0.2, 0.25) is 0 Å². The lowest BCUT2D eigenvalue weighted by Gasteiger charge is -2.40. The zero-order chi connectivity index (χ0) is 25.8. The highest BCUT2D eigenvalue weighted by molar-refractivity contribution is 5.90. The van der Waals surface area contributed by atoms with Crippen LogP contribution in [0.5, 0.6) is 0 Å². The molecule has 2 fully saturated rings. The van der Waals surface area contributed by atoms with Crippen LogP contribution in [0, 0.1) is 5.92 Å². The standard InChI is InChI=1S/C24H32N2O2.C4H4O4/c1-15(2)26-14-17-12-21-20(19-9-6-10-22(26)23(17)19)11-16(13-25-21)24(27)28-18-7-4-3-5-8-18;5-3(6)1-2-4(7)8/h6,9-10,14-16,18,20-21,25H,3-5,7-8,11-13H2,1-2H3;1-2H,(H,5,6)(H,7,8)/b;2-1-/t16-,20?,21-;/m1./s1. The molecule has 1 saturated carbocycles. The Morgan fingerprint density at radius 3 is 2.42 bits per heavy atom. The van der Waals surface area contributed by atoms with Crippen molar-refractivity contribution in [1.82, 2.24) is 9.88 Å². The van der Waals surface area contributed by atoms with E-state index in [1.54, 1.807) is 0 Å². The van der Waals surface area contributed by atoms with Gasteiger partial charge < -0.3 is 24.8 Å². The van der Waals surface area contributed by atoms with Gasteiger partial charge >= 0.3 is 17.9 Å². The van der Waals surface area contributed by atoms with Crippen LogP contribution >= 0.6 is 0 Å². The second-order valence-corrected chi connectivity index (χ2v) is 10.4. The SMILES string of the molecule is CC(C)n1cc2c3c(cccc31)C1C[C@@H](C(=O)OC3CCCCC3)CN[C@@H]1C2.O=C(O)/C=C\C(=O)O. The number of fused-ring (bicyclic) bond motifs is 2. The Labute approximate surface area is 211 Å². The van der Waals surface area contributed by atoms with Gasteiger partial charge in [0.1, 0.15) is 6.10 Å². The molecule has 0 radical (unpaired) electrons. The van der Waals surface area contributed by atoms with Gasteiger partial charge in [-0.2, -0.15) is 0 Å². The summed E-state index contributed by atoms with van der Waals surface area (Å²) in [4.78, 5) is 32.0. The fraction of sp³-hybridized carbons (Fsp3) is 0.536. The molecule has 1 aliphatic heterocycles. The van der Waals surface area contributed by atoms with E-state index in [0.717, 1.165) is 32.2 Å². The maximum Gasteiger partial charge on any atom is 0.328 e.